The van der Waals surface area contributed by atoms with Crippen molar-refractivity contribution in [3.05, 3.63) is 0 Å². The monoisotopic (exact) mass is 1140 g/mol. The molecule has 4 atom stereocenters. The third-order valence-electron chi connectivity index (χ3n) is 13.9. The minimum atomic E-state index is -0.622. The summed E-state index contributed by atoms with van der Waals surface area (Å²) in [5.74, 6) is 2.88. The van der Waals surface area contributed by atoms with Crippen LogP contribution in [-0.2, 0) is 66.4 Å². The zero-order valence-electron chi connectivity index (χ0n) is 52.2. The Bertz CT molecular complexity index is 1170. The summed E-state index contributed by atoms with van der Waals surface area (Å²) < 4.78 is 73.0. The number of amides is 1. The Labute approximate surface area is 485 Å². The van der Waals surface area contributed by atoms with E-state index >= 15 is 0 Å². The molecule has 0 radical (unpaired) electrons. The molecule has 1 unspecified atom stereocenters. The average molecular weight is 1140 g/mol. The van der Waals surface area contributed by atoms with Gasteiger partial charge in [-0.2, -0.15) is 0 Å². The Morgan fingerprint density at radius 2 is 0.633 bits per heavy atom. The summed E-state index contributed by atoms with van der Waals surface area (Å²) in [6.45, 7) is 27.4. The van der Waals surface area contributed by atoms with Gasteiger partial charge in [0.15, 0.2) is 6.10 Å². The Kier molecular flexibility index (Phi) is 65.1. The van der Waals surface area contributed by atoms with Crippen molar-refractivity contribution in [1.29, 1.82) is 0 Å². The fraction of sp³-hybridized carbons (Fsp3) is 0.984. The molecular weight excluding hydrogens is 1010 g/mol. The van der Waals surface area contributed by atoms with E-state index in [0.717, 1.165) is 30.6 Å². The summed E-state index contributed by atoms with van der Waals surface area (Å²) in [7, 11) is 0. The Morgan fingerprint density at radius 1 is 0.329 bits per heavy atom. The number of nitrogens with two attached hydrogens (primary N) is 1. The van der Waals surface area contributed by atoms with Gasteiger partial charge < -0.3 is 72.6 Å². The van der Waals surface area contributed by atoms with Gasteiger partial charge in [0.2, 0.25) is 0 Å². The quantitative estimate of drug-likeness (QED) is 0.0550. The molecule has 16 heteroatoms. The number of hydrogen-bond donors (Lipinski definition) is 2. The predicted octanol–water partition coefficient (Wildman–Crippen LogP) is 11.6. The molecule has 0 aromatic rings. The molecule has 474 valence electrons. The highest BCUT2D eigenvalue weighted by Crippen LogP contribution is 2.23. The molecule has 0 aliphatic heterocycles. The Morgan fingerprint density at radius 3 is 0.975 bits per heavy atom. The summed E-state index contributed by atoms with van der Waals surface area (Å²) in [5, 5.41) is 3.02. The molecule has 0 bridgehead atoms. The van der Waals surface area contributed by atoms with E-state index in [1.807, 2.05) is 0 Å². The number of ether oxygens (including phenoxy) is 13. The highest BCUT2D eigenvalue weighted by molar-refractivity contribution is 5.80. The lowest BCUT2D eigenvalue weighted by atomic mass is 9.91. The molecule has 0 rings (SSSR count). The minimum absolute atomic E-state index is 0.134. The number of nitrogens with one attached hydrogen (secondary N) is 1. The molecule has 0 saturated heterocycles. The zero-order valence-corrected chi connectivity index (χ0v) is 52.2. The van der Waals surface area contributed by atoms with Crippen molar-refractivity contribution in [2.24, 2.45) is 29.4 Å². The lowest BCUT2D eigenvalue weighted by Gasteiger charge is -2.20. The molecule has 0 aliphatic rings. The molecule has 3 N–H and O–H groups in total. The molecule has 0 heterocycles. The topological polar surface area (TPSA) is 175 Å². The van der Waals surface area contributed by atoms with Gasteiger partial charge in [0.1, 0.15) is 0 Å². The second kappa shape index (κ2) is 66.1. The summed E-state index contributed by atoms with van der Waals surface area (Å²) in [5.41, 5.74) is 5.36. The summed E-state index contributed by atoms with van der Waals surface area (Å²) in [6.07, 6.45) is 30.8. The standard InChI is InChI=1S/C63H128N2O14/c1-7-8-9-10-11-12-13-14-15-16-17-18-19-20-33-78-57-62(79-34-30-61(6)29-23-28-60(5)27-22-26-59(4)25-21-24-58(2)3)63(66)65-32-36-68-38-40-70-42-44-72-46-48-74-50-52-76-54-56-77-55-53-75-51-49-73-47-45-71-43-41-69-39-37-67-35-31-64/h58-62H,7-57,64H2,1-6H3,(H,65,66)/t59-,60-,61?,62+/m1/s1. The first kappa shape index (κ1) is 77.9. The summed E-state index contributed by atoms with van der Waals surface area (Å²) in [6, 6.07) is 0. The van der Waals surface area contributed by atoms with E-state index in [1.165, 1.54) is 141 Å². The van der Waals surface area contributed by atoms with Crippen molar-refractivity contribution in [3.8, 4) is 0 Å². The molecule has 0 aromatic carbocycles. The van der Waals surface area contributed by atoms with E-state index in [1.54, 1.807) is 0 Å². The van der Waals surface area contributed by atoms with Crippen molar-refractivity contribution >= 4 is 5.91 Å². The molecule has 0 aromatic heterocycles. The van der Waals surface area contributed by atoms with E-state index < -0.39 is 6.10 Å². The summed E-state index contributed by atoms with van der Waals surface area (Å²) >= 11 is 0. The van der Waals surface area contributed by atoms with Crippen LogP contribution in [0.1, 0.15) is 196 Å². The normalized spacial score (nSPS) is 13.4. The molecular formula is C63H128N2O14. The van der Waals surface area contributed by atoms with Crippen molar-refractivity contribution in [3.63, 3.8) is 0 Å². The lowest BCUT2D eigenvalue weighted by molar-refractivity contribution is -0.137. The molecule has 0 saturated carbocycles. The average Bonchev–Trinajstić information content (AvgIpc) is 3.43. The second-order valence-electron chi connectivity index (χ2n) is 22.1. The molecule has 0 fully saturated rings. The number of unbranched alkanes of at least 4 members (excludes halogenated alkanes) is 13. The molecule has 0 spiro atoms. The van der Waals surface area contributed by atoms with Crippen LogP contribution in [0.15, 0.2) is 0 Å². The predicted molar refractivity (Wildman–Crippen MR) is 320 cm³/mol. The fourth-order valence-corrected chi connectivity index (χ4v) is 8.88. The molecule has 1 amide bonds. The third kappa shape index (κ3) is 64.3. The highest BCUT2D eigenvalue weighted by atomic mass is 16.6. The van der Waals surface area contributed by atoms with E-state index in [0.29, 0.717) is 178 Å². The number of hydrogen-bond acceptors (Lipinski definition) is 15. The van der Waals surface area contributed by atoms with Gasteiger partial charge in [0.05, 0.1) is 152 Å². The minimum Gasteiger partial charge on any atom is -0.378 e. The van der Waals surface area contributed by atoms with E-state index in [4.69, 9.17) is 67.3 Å². The second-order valence-corrected chi connectivity index (χ2v) is 22.1. The van der Waals surface area contributed by atoms with E-state index in [-0.39, 0.29) is 12.5 Å². The van der Waals surface area contributed by atoms with Crippen LogP contribution in [0.2, 0.25) is 0 Å². The van der Waals surface area contributed by atoms with Gasteiger partial charge >= 0.3 is 0 Å². The van der Waals surface area contributed by atoms with Crippen molar-refractivity contribution < 1.29 is 66.4 Å². The van der Waals surface area contributed by atoms with Crippen LogP contribution in [0.25, 0.3) is 0 Å². The number of carbonyl (C=O) groups excluding carboxylic acids is 1. The number of carbonyl (C=O) groups is 1. The maximum atomic E-state index is 13.3. The van der Waals surface area contributed by atoms with Gasteiger partial charge in [-0.3, -0.25) is 4.79 Å². The van der Waals surface area contributed by atoms with Gasteiger partial charge in [-0.15, -0.1) is 0 Å². The lowest BCUT2D eigenvalue weighted by Crippen LogP contribution is -2.41. The van der Waals surface area contributed by atoms with Crippen LogP contribution in [0, 0.1) is 23.7 Å². The first-order valence-electron chi connectivity index (χ1n) is 32.3. The Balaban J connectivity index is 4.03. The molecule has 0 aliphatic carbocycles. The van der Waals surface area contributed by atoms with Crippen molar-refractivity contribution in [2.45, 2.75) is 202 Å². The van der Waals surface area contributed by atoms with Gasteiger partial charge in [0.25, 0.3) is 5.91 Å². The molecule has 79 heavy (non-hydrogen) atoms. The van der Waals surface area contributed by atoms with Gasteiger partial charge in [-0.1, -0.05) is 183 Å². The molecule has 16 nitrogen and oxygen atoms in total. The smallest absolute Gasteiger partial charge is 0.251 e. The van der Waals surface area contributed by atoms with Crippen LogP contribution in [0.3, 0.4) is 0 Å². The zero-order chi connectivity index (χ0) is 57.4. The van der Waals surface area contributed by atoms with Crippen LogP contribution < -0.4 is 11.1 Å². The van der Waals surface area contributed by atoms with Crippen LogP contribution >= 0.6 is 0 Å². The van der Waals surface area contributed by atoms with Gasteiger partial charge in [0, 0.05) is 26.3 Å². The van der Waals surface area contributed by atoms with Gasteiger partial charge in [-0.25, -0.2) is 0 Å². The van der Waals surface area contributed by atoms with Crippen molar-refractivity contribution in [1.82, 2.24) is 5.32 Å². The summed E-state index contributed by atoms with van der Waals surface area (Å²) in [4.78, 5) is 13.3. The maximum Gasteiger partial charge on any atom is 0.251 e. The van der Waals surface area contributed by atoms with E-state index in [9.17, 15) is 4.79 Å². The van der Waals surface area contributed by atoms with E-state index in [2.05, 4.69) is 46.9 Å². The first-order chi connectivity index (χ1) is 38.8. The van der Waals surface area contributed by atoms with Gasteiger partial charge in [-0.05, 0) is 36.5 Å². The first-order valence-corrected chi connectivity index (χ1v) is 32.3. The SMILES string of the molecule is CCCCCCCCCCCCCCCCOC[C@H](OCCC(C)CCC[C@H](C)CCC[C@H](C)CCCC(C)C)C(=O)NCCOCCOCCOCCOCCOCCOCCOCCOCCOCCOCCOCCN. The number of rotatable bonds is 69. The maximum absolute atomic E-state index is 13.3. The van der Waals surface area contributed by atoms with Crippen molar-refractivity contribution in [2.75, 3.05) is 178 Å². The van der Waals surface area contributed by atoms with Crippen LogP contribution in [0.4, 0.5) is 0 Å². The highest BCUT2D eigenvalue weighted by Gasteiger charge is 2.20. The fourth-order valence-electron chi connectivity index (χ4n) is 8.88. The third-order valence-corrected chi connectivity index (χ3v) is 13.9. The Hall–Kier alpha value is -1.09. The van der Waals surface area contributed by atoms with Crippen LogP contribution in [0.5, 0.6) is 0 Å². The van der Waals surface area contributed by atoms with Crippen LogP contribution in [-0.4, -0.2) is 190 Å². The largest absolute Gasteiger partial charge is 0.378 e.